The van der Waals surface area contributed by atoms with E-state index >= 15 is 0 Å². The minimum absolute atomic E-state index is 0.0260. The molecule has 0 spiro atoms. The van der Waals surface area contributed by atoms with Gasteiger partial charge in [0.25, 0.3) is 0 Å². The third-order valence-electron chi connectivity index (χ3n) is 4.73. The second-order valence-electron chi connectivity index (χ2n) is 6.50. The lowest BCUT2D eigenvalue weighted by Gasteiger charge is -2.42. The number of carbonyl (C=O) groups excluding carboxylic acids is 2. The van der Waals surface area contributed by atoms with Crippen LogP contribution in [0.2, 0.25) is 0 Å². The lowest BCUT2D eigenvalue weighted by molar-refractivity contribution is -0.139. The number of carboxylic acid groups (broad SMARTS) is 1. The van der Waals surface area contributed by atoms with Crippen molar-refractivity contribution in [3.8, 4) is 5.75 Å². The van der Waals surface area contributed by atoms with Crippen LogP contribution in [0.3, 0.4) is 0 Å². The quantitative estimate of drug-likeness (QED) is 0.615. The van der Waals surface area contributed by atoms with E-state index in [1.54, 1.807) is 31.4 Å². The first kappa shape index (κ1) is 19.9. The molecular formula is C19H26N2O5. The predicted molar refractivity (Wildman–Crippen MR) is 96.4 cm³/mol. The predicted octanol–water partition coefficient (Wildman–Crippen LogP) is 1.71. The molecule has 1 aliphatic rings. The Morgan fingerprint density at radius 1 is 1.19 bits per heavy atom. The Balaban J connectivity index is 1.69. The second-order valence-corrected chi connectivity index (χ2v) is 6.50. The minimum Gasteiger partial charge on any atom is -0.497 e. The van der Waals surface area contributed by atoms with Crippen LogP contribution in [-0.4, -0.2) is 59.9 Å². The molecule has 0 bridgehead atoms. The number of benzene rings is 1. The van der Waals surface area contributed by atoms with E-state index in [0.717, 1.165) is 12.8 Å². The normalized spacial score (nSPS) is 18.9. The molecule has 26 heavy (non-hydrogen) atoms. The summed E-state index contributed by atoms with van der Waals surface area (Å²) in [5.41, 5.74) is 0.564. The van der Waals surface area contributed by atoms with Gasteiger partial charge < -0.3 is 15.2 Å². The van der Waals surface area contributed by atoms with Gasteiger partial charge in [-0.1, -0.05) is 6.92 Å². The summed E-state index contributed by atoms with van der Waals surface area (Å²) in [6.07, 6.45) is 1.81. The molecule has 2 N–H and O–H groups in total. The summed E-state index contributed by atoms with van der Waals surface area (Å²) in [5.74, 6) is -0.372. The maximum atomic E-state index is 12.1. The highest BCUT2D eigenvalue weighted by Gasteiger charge is 2.34. The first-order valence-electron chi connectivity index (χ1n) is 8.85. The van der Waals surface area contributed by atoms with Crippen molar-refractivity contribution >= 4 is 17.7 Å². The summed E-state index contributed by atoms with van der Waals surface area (Å²) in [7, 11) is 1.56. The molecule has 1 amide bonds. The Morgan fingerprint density at radius 2 is 1.85 bits per heavy atom. The Hall–Kier alpha value is -2.41. The number of aliphatic carboxylic acids is 1. The molecule has 0 radical (unpaired) electrons. The third kappa shape index (κ3) is 5.56. The number of carbonyl (C=O) groups is 3. The van der Waals surface area contributed by atoms with Gasteiger partial charge >= 0.3 is 5.97 Å². The third-order valence-corrected chi connectivity index (χ3v) is 4.73. The number of methoxy groups -OCH3 is 1. The fraction of sp³-hybridized carbons (Fsp3) is 0.526. The Morgan fingerprint density at radius 3 is 2.38 bits per heavy atom. The number of carboxylic acids is 1. The highest BCUT2D eigenvalue weighted by molar-refractivity contribution is 5.98. The van der Waals surface area contributed by atoms with Crippen molar-refractivity contribution in [2.75, 3.05) is 20.2 Å². The van der Waals surface area contributed by atoms with Gasteiger partial charge in [0.2, 0.25) is 5.91 Å². The van der Waals surface area contributed by atoms with E-state index in [1.807, 2.05) is 11.8 Å². The number of nitrogens with one attached hydrogen (secondary N) is 1. The summed E-state index contributed by atoms with van der Waals surface area (Å²) >= 11 is 0. The summed E-state index contributed by atoms with van der Waals surface area (Å²) in [6.45, 7) is 2.63. The fourth-order valence-corrected chi connectivity index (χ4v) is 3.12. The molecule has 0 aliphatic heterocycles. The lowest BCUT2D eigenvalue weighted by Crippen LogP contribution is -2.54. The van der Waals surface area contributed by atoms with Gasteiger partial charge in [-0.25, -0.2) is 0 Å². The maximum absolute atomic E-state index is 12.1. The van der Waals surface area contributed by atoms with Crippen LogP contribution in [0.15, 0.2) is 24.3 Å². The molecule has 1 aromatic carbocycles. The molecule has 0 aromatic heterocycles. The number of amides is 1. The van der Waals surface area contributed by atoms with Gasteiger partial charge in [0.1, 0.15) is 5.75 Å². The van der Waals surface area contributed by atoms with Crippen LogP contribution in [0, 0.1) is 0 Å². The number of likely N-dealkylation sites (N-methyl/N-ethyl adjacent to an activating group) is 1. The van der Waals surface area contributed by atoms with Crippen molar-refractivity contribution in [3.05, 3.63) is 29.8 Å². The van der Waals surface area contributed by atoms with Crippen LogP contribution >= 0.6 is 0 Å². The zero-order valence-electron chi connectivity index (χ0n) is 15.2. The first-order valence-corrected chi connectivity index (χ1v) is 8.85. The second kappa shape index (κ2) is 9.33. The molecule has 0 unspecified atom stereocenters. The van der Waals surface area contributed by atoms with E-state index in [9.17, 15) is 14.4 Å². The monoisotopic (exact) mass is 362 g/mol. The summed E-state index contributed by atoms with van der Waals surface area (Å²) in [4.78, 5) is 36.9. The number of ether oxygens (including phenoxy) is 1. The van der Waals surface area contributed by atoms with E-state index in [0.29, 0.717) is 17.9 Å². The highest BCUT2D eigenvalue weighted by Crippen LogP contribution is 2.25. The summed E-state index contributed by atoms with van der Waals surface area (Å²) < 4.78 is 5.05. The Bertz CT molecular complexity index is 638. The van der Waals surface area contributed by atoms with Crippen molar-refractivity contribution in [3.63, 3.8) is 0 Å². The smallest absolute Gasteiger partial charge is 0.317 e. The van der Waals surface area contributed by atoms with Crippen LogP contribution in [0.4, 0.5) is 0 Å². The SMILES string of the molecule is CCN(CC(=O)O)C1CC(NC(=O)CCC(=O)c2ccc(OC)cc2)C1. The minimum atomic E-state index is -0.837. The largest absolute Gasteiger partial charge is 0.497 e. The van der Waals surface area contributed by atoms with Crippen LogP contribution in [0.1, 0.15) is 43.0 Å². The van der Waals surface area contributed by atoms with Crippen molar-refractivity contribution < 1.29 is 24.2 Å². The van der Waals surface area contributed by atoms with Crippen molar-refractivity contribution in [1.29, 1.82) is 0 Å². The molecule has 2 rings (SSSR count). The van der Waals surface area contributed by atoms with E-state index in [1.165, 1.54) is 0 Å². The van der Waals surface area contributed by atoms with Crippen LogP contribution in [-0.2, 0) is 9.59 Å². The van der Waals surface area contributed by atoms with Gasteiger partial charge in [0.15, 0.2) is 5.78 Å². The number of nitrogens with zero attached hydrogens (tertiary/aromatic N) is 1. The zero-order valence-corrected chi connectivity index (χ0v) is 15.2. The van der Waals surface area contributed by atoms with Gasteiger partial charge in [0, 0.05) is 30.5 Å². The molecule has 0 heterocycles. The molecular weight excluding hydrogens is 336 g/mol. The molecule has 7 nitrogen and oxygen atoms in total. The van der Waals surface area contributed by atoms with E-state index in [4.69, 9.17) is 9.84 Å². The first-order chi connectivity index (χ1) is 12.4. The van der Waals surface area contributed by atoms with Gasteiger partial charge in [-0.15, -0.1) is 0 Å². The number of hydrogen-bond donors (Lipinski definition) is 2. The molecule has 0 atom stereocenters. The Kier molecular flexibility index (Phi) is 7.15. The molecule has 142 valence electrons. The fourth-order valence-electron chi connectivity index (χ4n) is 3.12. The summed E-state index contributed by atoms with van der Waals surface area (Å²) in [6, 6.07) is 7.08. The number of Topliss-reactive ketones (excluding diaryl/α,β-unsaturated/α-hetero) is 1. The Labute approximate surface area is 153 Å². The average Bonchev–Trinajstić information content (AvgIpc) is 2.60. The van der Waals surface area contributed by atoms with Gasteiger partial charge in [-0.3, -0.25) is 19.3 Å². The number of hydrogen-bond acceptors (Lipinski definition) is 5. The molecule has 1 saturated carbocycles. The summed E-state index contributed by atoms with van der Waals surface area (Å²) in [5, 5.41) is 11.8. The van der Waals surface area contributed by atoms with Crippen molar-refractivity contribution in [2.45, 2.75) is 44.7 Å². The number of rotatable bonds is 10. The van der Waals surface area contributed by atoms with E-state index in [-0.39, 0.29) is 43.2 Å². The number of ketones is 1. The molecule has 0 saturated heterocycles. The van der Waals surface area contributed by atoms with Crippen LogP contribution < -0.4 is 10.1 Å². The van der Waals surface area contributed by atoms with Gasteiger partial charge in [-0.2, -0.15) is 0 Å². The van der Waals surface area contributed by atoms with Crippen LogP contribution in [0.5, 0.6) is 5.75 Å². The van der Waals surface area contributed by atoms with Crippen molar-refractivity contribution in [1.82, 2.24) is 10.2 Å². The average molecular weight is 362 g/mol. The lowest BCUT2D eigenvalue weighted by atomic mass is 9.85. The van der Waals surface area contributed by atoms with Crippen molar-refractivity contribution in [2.24, 2.45) is 0 Å². The maximum Gasteiger partial charge on any atom is 0.317 e. The topological polar surface area (TPSA) is 95.9 Å². The zero-order chi connectivity index (χ0) is 19.1. The molecule has 1 aliphatic carbocycles. The van der Waals surface area contributed by atoms with E-state index in [2.05, 4.69) is 5.32 Å². The standard InChI is InChI=1S/C19H26N2O5/c1-3-21(12-19(24)25)15-10-14(11-15)20-18(23)9-8-17(22)13-4-6-16(26-2)7-5-13/h4-7,14-15H,3,8-12H2,1-2H3,(H,20,23)(H,24,25). The molecule has 1 fully saturated rings. The highest BCUT2D eigenvalue weighted by atomic mass is 16.5. The molecule has 1 aromatic rings. The van der Waals surface area contributed by atoms with E-state index < -0.39 is 5.97 Å². The molecule has 7 heteroatoms. The van der Waals surface area contributed by atoms with Gasteiger partial charge in [-0.05, 0) is 43.7 Å². The van der Waals surface area contributed by atoms with Crippen LogP contribution in [0.25, 0.3) is 0 Å². The van der Waals surface area contributed by atoms with Gasteiger partial charge in [0.05, 0.1) is 13.7 Å².